The van der Waals surface area contributed by atoms with Crippen molar-refractivity contribution in [3.05, 3.63) is 34.1 Å². The van der Waals surface area contributed by atoms with Crippen LogP contribution >= 0.6 is 0 Å². The van der Waals surface area contributed by atoms with Gasteiger partial charge in [0.05, 0.1) is 6.61 Å². The molecule has 0 aliphatic rings. The van der Waals surface area contributed by atoms with E-state index < -0.39 is 5.97 Å². The van der Waals surface area contributed by atoms with Gasteiger partial charge in [0.1, 0.15) is 5.58 Å². The summed E-state index contributed by atoms with van der Waals surface area (Å²) in [5.74, 6) is -1.04. The Morgan fingerprint density at radius 1 is 1.27 bits per heavy atom. The van der Waals surface area contributed by atoms with E-state index in [0.717, 1.165) is 28.6 Å². The molecule has 5 nitrogen and oxygen atoms in total. The molecule has 0 spiro atoms. The Bertz CT molecular complexity index is 702. The summed E-state index contributed by atoms with van der Waals surface area (Å²) in [6.45, 7) is 9.97. The van der Waals surface area contributed by atoms with E-state index in [2.05, 4.69) is 4.90 Å². The minimum atomic E-state index is -1.04. The number of benzene rings is 1. The average Bonchev–Trinajstić information content (AvgIpc) is 2.80. The Kier molecular flexibility index (Phi) is 4.88. The Labute approximate surface area is 130 Å². The number of furan rings is 1. The zero-order chi connectivity index (χ0) is 16.4. The van der Waals surface area contributed by atoms with Gasteiger partial charge in [-0.3, -0.25) is 4.90 Å². The summed E-state index contributed by atoms with van der Waals surface area (Å²) in [6.07, 6.45) is 0. The predicted molar refractivity (Wildman–Crippen MR) is 85.4 cm³/mol. The van der Waals surface area contributed by atoms with Gasteiger partial charge in [0.2, 0.25) is 5.76 Å². The number of rotatable bonds is 6. The highest BCUT2D eigenvalue weighted by atomic mass is 16.4. The van der Waals surface area contributed by atoms with Gasteiger partial charge in [-0.15, -0.1) is 0 Å². The fourth-order valence-corrected chi connectivity index (χ4v) is 2.77. The number of carboxylic acids is 1. The van der Waals surface area contributed by atoms with Crippen molar-refractivity contribution in [2.45, 2.75) is 34.2 Å². The van der Waals surface area contributed by atoms with E-state index in [-0.39, 0.29) is 12.4 Å². The van der Waals surface area contributed by atoms with Crippen LogP contribution in [0.3, 0.4) is 0 Å². The summed E-state index contributed by atoms with van der Waals surface area (Å²) in [5.41, 5.74) is 4.53. The van der Waals surface area contributed by atoms with E-state index in [1.165, 1.54) is 0 Å². The minimum absolute atomic E-state index is 0.00598. The average molecular weight is 305 g/mol. The highest BCUT2D eigenvalue weighted by molar-refractivity contribution is 5.96. The molecule has 1 aromatic heterocycles. The molecule has 2 N–H and O–H groups in total. The van der Waals surface area contributed by atoms with Crippen molar-refractivity contribution in [3.63, 3.8) is 0 Å². The maximum atomic E-state index is 11.3. The number of hydrogen-bond acceptors (Lipinski definition) is 4. The fraction of sp³-hybridized carbons (Fsp3) is 0.471. The molecule has 0 saturated heterocycles. The third-order valence-electron chi connectivity index (χ3n) is 4.31. The normalized spacial score (nSPS) is 11.5. The first-order valence-corrected chi connectivity index (χ1v) is 7.49. The van der Waals surface area contributed by atoms with Crippen LogP contribution in [-0.4, -0.2) is 40.8 Å². The lowest BCUT2D eigenvalue weighted by atomic mass is 9.98. The number of aliphatic hydroxyl groups excluding tert-OH is 1. The molecular weight excluding hydrogens is 282 g/mol. The molecule has 22 heavy (non-hydrogen) atoms. The number of aliphatic hydroxyl groups is 1. The van der Waals surface area contributed by atoms with Crippen molar-refractivity contribution in [2.24, 2.45) is 0 Å². The Morgan fingerprint density at radius 2 is 1.95 bits per heavy atom. The molecule has 0 aliphatic carbocycles. The monoisotopic (exact) mass is 305 g/mol. The number of nitrogens with zero attached hydrogens (tertiary/aromatic N) is 1. The number of fused-ring (bicyclic) bond motifs is 1. The van der Waals surface area contributed by atoms with Gasteiger partial charge >= 0.3 is 5.97 Å². The summed E-state index contributed by atoms with van der Waals surface area (Å²) >= 11 is 0. The maximum absolute atomic E-state index is 11.3. The molecule has 0 amide bonds. The molecule has 120 valence electrons. The van der Waals surface area contributed by atoms with Gasteiger partial charge in [0, 0.05) is 29.6 Å². The van der Waals surface area contributed by atoms with Gasteiger partial charge in [0.15, 0.2) is 0 Å². The quantitative estimate of drug-likeness (QED) is 0.858. The summed E-state index contributed by atoms with van der Waals surface area (Å²) in [5, 5.41) is 19.3. The van der Waals surface area contributed by atoms with Gasteiger partial charge in [-0.2, -0.15) is 0 Å². The molecule has 0 radical (unpaired) electrons. The zero-order valence-electron chi connectivity index (χ0n) is 13.6. The highest BCUT2D eigenvalue weighted by Gasteiger charge is 2.21. The predicted octanol–water partition coefficient (Wildman–Crippen LogP) is 2.87. The Balaban J connectivity index is 2.63. The zero-order valence-corrected chi connectivity index (χ0v) is 13.6. The minimum Gasteiger partial charge on any atom is -0.475 e. The summed E-state index contributed by atoms with van der Waals surface area (Å²) < 4.78 is 5.66. The Morgan fingerprint density at radius 3 is 2.50 bits per heavy atom. The van der Waals surface area contributed by atoms with Gasteiger partial charge in [-0.25, -0.2) is 4.79 Å². The molecule has 0 aliphatic heterocycles. The van der Waals surface area contributed by atoms with Crippen LogP contribution in [0.2, 0.25) is 0 Å². The van der Waals surface area contributed by atoms with Gasteiger partial charge < -0.3 is 14.6 Å². The number of aromatic carboxylic acids is 1. The van der Waals surface area contributed by atoms with Crippen molar-refractivity contribution in [1.82, 2.24) is 4.90 Å². The van der Waals surface area contributed by atoms with Gasteiger partial charge in [0.25, 0.3) is 0 Å². The van der Waals surface area contributed by atoms with Crippen molar-refractivity contribution < 1.29 is 19.4 Å². The molecule has 2 rings (SSSR count). The third-order valence-corrected chi connectivity index (χ3v) is 4.31. The van der Waals surface area contributed by atoms with E-state index >= 15 is 0 Å². The van der Waals surface area contributed by atoms with Crippen molar-refractivity contribution in [1.29, 1.82) is 0 Å². The number of likely N-dealkylation sites (N-methyl/N-ethyl adjacent to an activating group) is 1. The number of hydrogen-bond donors (Lipinski definition) is 2. The van der Waals surface area contributed by atoms with Crippen LogP contribution in [0.1, 0.15) is 39.7 Å². The van der Waals surface area contributed by atoms with E-state index in [4.69, 9.17) is 9.52 Å². The van der Waals surface area contributed by atoms with Crippen LogP contribution in [-0.2, 0) is 6.54 Å². The van der Waals surface area contributed by atoms with E-state index in [1.807, 2.05) is 26.8 Å². The van der Waals surface area contributed by atoms with Crippen molar-refractivity contribution in [3.8, 4) is 0 Å². The van der Waals surface area contributed by atoms with Crippen LogP contribution in [0.15, 0.2) is 10.5 Å². The van der Waals surface area contributed by atoms with Crippen LogP contribution in [0, 0.1) is 20.8 Å². The second kappa shape index (κ2) is 6.50. The lowest BCUT2D eigenvalue weighted by Crippen LogP contribution is -2.26. The van der Waals surface area contributed by atoms with Crippen LogP contribution in [0.4, 0.5) is 0 Å². The summed E-state index contributed by atoms with van der Waals surface area (Å²) in [6, 6.07) is 1.99. The third kappa shape index (κ3) is 2.87. The first kappa shape index (κ1) is 16.5. The molecule has 1 aromatic carbocycles. The fourth-order valence-electron chi connectivity index (χ4n) is 2.77. The molecule has 0 bridgehead atoms. The van der Waals surface area contributed by atoms with E-state index in [1.54, 1.807) is 6.92 Å². The smallest absolute Gasteiger partial charge is 0.372 e. The lowest BCUT2D eigenvalue weighted by Gasteiger charge is -2.21. The molecular formula is C17H23NO4. The Hall–Kier alpha value is -1.85. The summed E-state index contributed by atoms with van der Waals surface area (Å²) in [7, 11) is 0. The highest BCUT2D eigenvalue weighted by Crippen LogP contribution is 2.32. The molecule has 0 saturated carbocycles. The number of carboxylic acid groups (broad SMARTS) is 1. The van der Waals surface area contributed by atoms with Crippen molar-refractivity contribution in [2.75, 3.05) is 19.7 Å². The van der Waals surface area contributed by atoms with Crippen LogP contribution < -0.4 is 0 Å². The molecule has 5 heteroatoms. The molecule has 1 heterocycles. The molecule has 2 aromatic rings. The van der Waals surface area contributed by atoms with E-state index in [9.17, 15) is 9.90 Å². The maximum Gasteiger partial charge on any atom is 0.372 e. The van der Waals surface area contributed by atoms with Crippen molar-refractivity contribution >= 4 is 16.9 Å². The van der Waals surface area contributed by atoms with E-state index in [0.29, 0.717) is 24.2 Å². The second-order valence-corrected chi connectivity index (χ2v) is 5.63. The van der Waals surface area contributed by atoms with Crippen LogP contribution in [0.5, 0.6) is 0 Å². The molecule has 0 atom stereocenters. The van der Waals surface area contributed by atoms with Gasteiger partial charge in [-0.1, -0.05) is 6.92 Å². The van der Waals surface area contributed by atoms with Crippen LogP contribution in [0.25, 0.3) is 11.0 Å². The molecule has 0 fully saturated rings. The number of carbonyl (C=O) groups is 1. The second-order valence-electron chi connectivity index (χ2n) is 5.63. The first-order chi connectivity index (χ1) is 10.4. The SMILES string of the molecule is CCN(CCO)Cc1c(C)c(C)cc2c(C)c(C(=O)O)oc12. The lowest BCUT2D eigenvalue weighted by molar-refractivity contribution is 0.0664. The number of aryl methyl sites for hydroxylation is 2. The topological polar surface area (TPSA) is 73.9 Å². The molecule has 0 unspecified atom stereocenters. The first-order valence-electron chi connectivity index (χ1n) is 7.49. The largest absolute Gasteiger partial charge is 0.475 e. The standard InChI is InChI=1S/C17H23NO4/c1-5-18(6-7-19)9-14-11(3)10(2)8-13-12(4)15(17(20)21)22-16(13)14/h8,19H,5-7,9H2,1-4H3,(H,20,21). The summed E-state index contributed by atoms with van der Waals surface area (Å²) in [4.78, 5) is 13.4. The van der Waals surface area contributed by atoms with Gasteiger partial charge in [-0.05, 0) is 44.5 Å².